The third-order valence-corrected chi connectivity index (χ3v) is 4.98. The molecule has 1 fully saturated rings. The quantitative estimate of drug-likeness (QED) is 0.867. The number of amides is 1. The van der Waals surface area contributed by atoms with E-state index in [9.17, 15) is 4.79 Å². The fraction of sp³-hybridized carbons (Fsp3) is 0.500. The Morgan fingerprint density at radius 2 is 2.25 bits per heavy atom. The molecule has 0 bridgehead atoms. The predicted molar refractivity (Wildman–Crippen MR) is 101 cm³/mol. The summed E-state index contributed by atoms with van der Waals surface area (Å²) in [5.74, 6) is 1.84. The van der Waals surface area contributed by atoms with E-state index in [-0.39, 0.29) is 36.8 Å². The topological polar surface area (TPSA) is 72.4 Å². The van der Waals surface area contributed by atoms with Crippen molar-refractivity contribution in [3.8, 4) is 11.5 Å². The van der Waals surface area contributed by atoms with Crippen molar-refractivity contribution in [2.75, 3.05) is 13.1 Å². The van der Waals surface area contributed by atoms with Crippen LogP contribution in [-0.2, 0) is 11.2 Å². The molecule has 2 unspecified atom stereocenters. The molecule has 1 amide bonds. The second kappa shape index (κ2) is 8.85. The number of halogens is 2. The number of thiophene rings is 1. The highest BCUT2D eigenvalue weighted by Crippen LogP contribution is 2.26. The van der Waals surface area contributed by atoms with E-state index in [0.717, 1.165) is 30.0 Å². The fourth-order valence-electron chi connectivity index (χ4n) is 3.01. The maximum absolute atomic E-state index is 12.5. The van der Waals surface area contributed by atoms with Crippen molar-refractivity contribution in [1.82, 2.24) is 9.88 Å². The van der Waals surface area contributed by atoms with E-state index in [1.807, 2.05) is 28.7 Å². The summed E-state index contributed by atoms with van der Waals surface area (Å²) in [4.78, 5) is 19.0. The molecular formula is C16H23Cl2N3O2S. The lowest BCUT2D eigenvalue weighted by atomic mass is 10.1. The number of carbonyl (C=O) groups excluding carboxylic acids is 1. The van der Waals surface area contributed by atoms with E-state index in [4.69, 9.17) is 10.2 Å². The average Bonchev–Trinajstić information content (AvgIpc) is 3.19. The van der Waals surface area contributed by atoms with Crippen molar-refractivity contribution in [2.24, 2.45) is 11.7 Å². The van der Waals surface area contributed by atoms with E-state index < -0.39 is 0 Å². The summed E-state index contributed by atoms with van der Waals surface area (Å²) in [5.41, 5.74) is 7.42. The largest absolute Gasteiger partial charge is 0.441 e. The highest BCUT2D eigenvalue weighted by Gasteiger charge is 2.32. The van der Waals surface area contributed by atoms with Crippen LogP contribution in [0.15, 0.2) is 21.2 Å². The van der Waals surface area contributed by atoms with Crippen LogP contribution in [0.4, 0.5) is 0 Å². The number of nitrogens with zero attached hydrogens (tertiary/aromatic N) is 2. The highest BCUT2D eigenvalue weighted by atomic mass is 35.5. The Hall–Kier alpha value is -1.08. The molecule has 3 rings (SSSR count). The Balaban J connectivity index is 0.00000144. The van der Waals surface area contributed by atoms with Gasteiger partial charge in [0, 0.05) is 23.5 Å². The van der Waals surface area contributed by atoms with Crippen LogP contribution in [0.5, 0.6) is 0 Å². The van der Waals surface area contributed by atoms with E-state index in [2.05, 4.69) is 11.9 Å². The minimum atomic E-state index is 0. The lowest BCUT2D eigenvalue weighted by Crippen LogP contribution is -2.35. The second-order valence-corrected chi connectivity index (χ2v) is 6.72. The van der Waals surface area contributed by atoms with Crippen LogP contribution in [0.3, 0.4) is 0 Å². The molecule has 2 N–H and O–H groups in total. The molecule has 2 aromatic heterocycles. The molecule has 1 aliphatic heterocycles. The number of nitrogens with two attached hydrogens (primary N) is 1. The van der Waals surface area contributed by atoms with Crippen LogP contribution in [0, 0.1) is 12.8 Å². The van der Waals surface area contributed by atoms with Crippen molar-refractivity contribution in [3.63, 3.8) is 0 Å². The lowest BCUT2D eigenvalue weighted by molar-refractivity contribution is -0.131. The van der Waals surface area contributed by atoms with Crippen LogP contribution >= 0.6 is 36.2 Å². The van der Waals surface area contributed by atoms with E-state index in [1.54, 1.807) is 11.3 Å². The Kier molecular flexibility index (Phi) is 7.73. The van der Waals surface area contributed by atoms with Gasteiger partial charge in [-0.05, 0) is 44.2 Å². The van der Waals surface area contributed by atoms with Crippen LogP contribution < -0.4 is 5.73 Å². The molecular weight excluding hydrogens is 369 g/mol. The van der Waals surface area contributed by atoms with Crippen LogP contribution in [0.25, 0.3) is 11.5 Å². The number of likely N-dealkylation sites (tertiary alicyclic amines) is 1. The van der Waals surface area contributed by atoms with Gasteiger partial charge in [-0.1, -0.05) is 0 Å². The Morgan fingerprint density at radius 1 is 1.50 bits per heavy atom. The van der Waals surface area contributed by atoms with Gasteiger partial charge in [-0.25, -0.2) is 4.98 Å². The van der Waals surface area contributed by atoms with E-state index in [0.29, 0.717) is 24.8 Å². The van der Waals surface area contributed by atoms with E-state index in [1.165, 1.54) is 0 Å². The smallest absolute Gasteiger partial charge is 0.228 e. The summed E-state index contributed by atoms with van der Waals surface area (Å²) in [7, 11) is 0. The van der Waals surface area contributed by atoms with Gasteiger partial charge >= 0.3 is 0 Å². The number of carbonyl (C=O) groups is 1. The Morgan fingerprint density at radius 3 is 2.83 bits per heavy atom. The SMILES string of the molecule is Cc1oc(-c2ccsc2)nc1CC(=O)N1CC(CN)CC1C.Cl.Cl. The molecule has 0 radical (unpaired) electrons. The molecule has 2 aromatic rings. The summed E-state index contributed by atoms with van der Waals surface area (Å²) in [6, 6.07) is 2.22. The molecule has 8 heteroatoms. The average molecular weight is 392 g/mol. The van der Waals surface area contributed by atoms with Crippen molar-refractivity contribution in [1.29, 1.82) is 0 Å². The molecule has 0 aromatic carbocycles. The van der Waals surface area contributed by atoms with Gasteiger partial charge in [0.25, 0.3) is 0 Å². The van der Waals surface area contributed by atoms with Crippen molar-refractivity contribution in [3.05, 3.63) is 28.3 Å². The van der Waals surface area contributed by atoms with Crippen LogP contribution in [-0.4, -0.2) is 34.9 Å². The van der Waals surface area contributed by atoms with Crippen molar-refractivity contribution >= 4 is 42.1 Å². The summed E-state index contributed by atoms with van der Waals surface area (Å²) in [6.07, 6.45) is 1.28. The third-order valence-electron chi connectivity index (χ3n) is 4.29. The van der Waals surface area contributed by atoms with Gasteiger partial charge < -0.3 is 15.1 Å². The lowest BCUT2D eigenvalue weighted by Gasteiger charge is -2.21. The second-order valence-electron chi connectivity index (χ2n) is 5.94. The third kappa shape index (κ3) is 4.30. The maximum atomic E-state index is 12.5. The molecule has 3 heterocycles. The van der Waals surface area contributed by atoms with Gasteiger partial charge in [-0.15, -0.1) is 24.8 Å². The monoisotopic (exact) mass is 391 g/mol. The van der Waals surface area contributed by atoms with Gasteiger partial charge in [0.2, 0.25) is 11.8 Å². The molecule has 24 heavy (non-hydrogen) atoms. The van der Waals surface area contributed by atoms with E-state index >= 15 is 0 Å². The van der Waals surface area contributed by atoms with Gasteiger partial charge in [0.15, 0.2) is 0 Å². The predicted octanol–water partition coefficient (Wildman–Crippen LogP) is 3.29. The fourth-order valence-corrected chi connectivity index (χ4v) is 3.64. The highest BCUT2D eigenvalue weighted by molar-refractivity contribution is 7.08. The zero-order chi connectivity index (χ0) is 15.7. The van der Waals surface area contributed by atoms with Gasteiger partial charge in [-0.3, -0.25) is 4.79 Å². The molecule has 5 nitrogen and oxygen atoms in total. The van der Waals surface area contributed by atoms with Gasteiger partial charge in [0.1, 0.15) is 5.76 Å². The molecule has 0 spiro atoms. The van der Waals surface area contributed by atoms with Gasteiger partial charge in [0.05, 0.1) is 12.1 Å². The standard InChI is InChI=1S/C16H21N3O2S.2ClH/c1-10-5-12(7-17)8-19(10)15(20)6-14-11(2)21-16(18-14)13-3-4-22-9-13;;/h3-4,9-10,12H,5-8,17H2,1-2H3;2*1H. The Bertz CT molecular complexity index is 660. The summed E-state index contributed by atoms with van der Waals surface area (Å²) >= 11 is 1.60. The molecule has 0 saturated carbocycles. The minimum Gasteiger partial charge on any atom is -0.441 e. The maximum Gasteiger partial charge on any atom is 0.228 e. The Labute approximate surface area is 158 Å². The molecule has 134 valence electrons. The van der Waals surface area contributed by atoms with Crippen molar-refractivity contribution in [2.45, 2.75) is 32.7 Å². The molecule has 2 atom stereocenters. The zero-order valence-electron chi connectivity index (χ0n) is 13.7. The van der Waals surface area contributed by atoms with Crippen molar-refractivity contribution < 1.29 is 9.21 Å². The first kappa shape index (κ1) is 21.0. The first-order chi connectivity index (χ1) is 10.6. The molecule has 1 aliphatic rings. The molecule has 0 aliphatic carbocycles. The first-order valence-electron chi connectivity index (χ1n) is 7.57. The minimum absolute atomic E-state index is 0. The number of rotatable bonds is 4. The first-order valence-corrected chi connectivity index (χ1v) is 8.51. The zero-order valence-corrected chi connectivity index (χ0v) is 16.2. The number of aryl methyl sites for hydroxylation is 1. The van der Waals surface area contributed by atoms with Crippen LogP contribution in [0.2, 0.25) is 0 Å². The number of hydrogen-bond donors (Lipinski definition) is 1. The van der Waals surface area contributed by atoms with Gasteiger partial charge in [-0.2, -0.15) is 11.3 Å². The summed E-state index contributed by atoms with van der Waals surface area (Å²) in [6.45, 7) is 5.34. The number of aromatic nitrogens is 1. The molecule has 1 saturated heterocycles. The normalized spacial score (nSPS) is 19.7. The van der Waals surface area contributed by atoms with Crippen LogP contribution in [0.1, 0.15) is 24.8 Å². The number of hydrogen-bond acceptors (Lipinski definition) is 5. The number of oxazole rings is 1. The summed E-state index contributed by atoms with van der Waals surface area (Å²) in [5, 5.41) is 3.98. The summed E-state index contributed by atoms with van der Waals surface area (Å²) < 4.78 is 5.70.